The first-order valence-corrected chi connectivity index (χ1v) is 9.47. The maximum atomic E-state index is 12.8. The third-order valence-corrected chi connectivity index (χ3v) is 6.35. The van der Waals surface area contributed by atoms with Crippen LogP contribution in [0.25, 0.3) is 0 Å². The second kappa shape index (κ2) is 5.94. The Kier molecular flexibility index (Phi) is 4.60. The number of hydrogen-bond donors (Lipinski definition) is 1. The Bertz CT molecular complexity index is 523. The lowest BCUT2D eigenvalue weighted by molar-refractivity contribution is -0.155. The van der Waals surface area contributed by atoms with E-state index in [0.717, 1.165) is 19.3 Å². The number of nitrogens with zero attached hydrogens (tertiary/aromatic N) is 1. The van der Waals surface area contributed by atoms with Crippen molar-refractivity contribution in [2.24, 2.45) is 0 Å². The summed E-state index contributed by atoms with van der Waals surface area (Å²) in [5.74, 6) is -0.310. The van der Waals surface area contributed by atoms with Gasteiger partial charge in [0.2, 0.25) is 11.8 Å². The monoisotopic (exact) mass is 316 g/mol. The molecule has 1 atom stereocenters. The van der Waals surface area contributed by atoms with E-state index in [4.69, 9.17) is 0 Å². The Hall–Kier alpha value is -1.11. The number of piperazine rings is 1. The number of carbonyl (C=O) groups excluding carboxylic acids is 2. The van der Waals surface area contributed by atoms with Gasteiger partial charge in [-0.1, -0.05) is 26.2 Å². The molecule has 7 heteroatoms. The molecule has 1 N–H and O–H groups in total. The average Bonchev–Trinajstić information content (AvgIpc) is 2.46. The van der Waals surface area contributed by atoms with Gasteiger partial charge in [0.1, 0.15) is 11.6 Å². The maximum Gasteiger partial charge on any atom is 0.249 e. The molecule has 120 valence electrons. The van der Waals surface area contributed by atoms with Crippen molar-refractivity contribution in [1.82, 2.24) is 10.2 Å². The molecule has 0 aromatic rings. The van der Waals surface area contributed by atoms with Gasteiger partial charge in [-0.25, -0.2) is 8.42 Å². The van der Waals surface area contributed by atoms with E-state index in [1.165, 1.54) is 4.90 Å². The molecule has 0 bridgehead atoms. The first-order chi connectivity index (χ1) is 9.81. The van der Waals surface area contributed by atoms with Crippen LogP contribution < -0.4 is 5.32 Å². The van der Waals surface area contributed by atoms with Crippen molar-refractivity contribution in [3.63, 3.8) is 0 Å². The van der Waals surface area contributed by atoms with Gasteiger partial charge in [0.15, 0.2) is 9.84 Å². The number of hydrogen-bond acceptors (Lipinski definition) is 4. The van der Waals surface area contributed by atoms with Crippen molar-refractivity contribution in [3.05, 3.63) is 0 Å². The standard InChI is InChI=1S/C14H24N2O4S/c1-3-21(19,20)10-9-16-11(2)12(17)15-14(13(16)18)7-5-4-6-8-14/h11H,3-10H2,1-2H3,(H,15,17). The van der Waals surface area contributed by atoms with Gasteiger partial charge in [-0.05, 0) is 19.8 Å². The first kappa shape index (κ1) is 16.3. The Morgan fingerprint density at radius 3 is 2.43 bits per heavy atom. The quantitative estimate of drug-likeness (QED) is 0.817. The van der Waals surface area contributed by atoms with E-state index < -0.39 is 21.4 Å². The summed E-state index contributed by atoms with van der Waals surface area (Å²) in [4.78, 5) is 26.4. The molecule has 1 unspecified atom stereocenters. The Morgan fingerprint density at radius 2 is 1.86 bits per heavy atom. The second-order valence-corrected chi connectivity index (χ2v) is 8.52. The van der Waals surface area contributed by atoms with Crippen molar-refractivity contribution in [3.8, 4) is 0 Å². The zero-order valence-electron chi connectivity index (χ0n) is 12.7. The predicted molar refractivity (Wildman–Crippen MR) is 79.5 cm³/mol. The molecule has 1 aliphatic heterocycles. The zero-order valence-corrected chi connectivity index (χ0v) is 13.5. The first-order valence-electron chi connectivity index (χ1n) is 7.65. The van der Waals surface area contributed by atoms with Crippen LogP contribution in [0, 0.1) is 0 Å². The molecule has 2 amide bonds. The third kappa shape index (κ3) is 3.22. The van der Waals surface area contributed by atoms with Crippen LogP contribution in [0.5, 0.6) is 0 Å². The van der Waals surface area contributed by atoms with Gasteiger partial charge in [-0.2, -0.15) is 0 Å². The van der Waals surface area contributed by atoms with Crippen molar-refractivity contribution in [2.45, 2.75) is 57.5 Å². The van der Waals surface area contributed by atoms with E-state index in [2.05, 4.69) is 5.32 Å². The lowest BCUT2D eigenvalue weighted by atomic mass is 9.78. The van der Waals surface area contributed by atoms with Gasteiger partial charge in [-0.15, -0.1) is 0 Å². The summed E-state index contributed by atoms with van der Waals surface area (Å²) < 4.78 is 23.3. The van der Waals surface area contributed by atoms with Crippen molar-refractivity contribution < 1.29 is 18.0 Å². The minimum atomic E-state index is -3.15. The zero-order chi connectivity index (χ0) is 15.7. The number of carbonyl (C=O) groups is 2. The molecule has 21 heavy (non-hydrogen) atoms. The highest BCUT2D eigenvalue weighted by Crippen LogP contribution is 2.33. The summed E-state index contributed by atoms with van der Waals surface area (Å²) in [6.07, 6.45) is 4.22. The highest BCUT2D eigenvalue weighted by molar-refractivity contribution is 7.91. The Labute approximate surface area is 126 Å². The second-order valence-electron chi connectivity index (χ2n) is 6.04. The van der Waals surface area contributed by atoms with Crippen LogP contribution in [-0.4, -0.2) is 54.8 Å². The lowest BCUT2D eigenvalue weighted by Gasteiger charge is -2.46. The molecule has 1 aliphatic carbocycles. The van der Waals surface area contributed by atoms with Crippen LogP contribution in [0.3, 0.4) is 0 Å². The summed E-state index contributed by atoms with van der Waals surface area (Å²) >= 11 is 0. The number of amides is 2. The molecule has 6 nitrogen and oxygen atoms in total. The molecule has 0 radical (unpaired) electrons. The van der Waals surface area contributed by atoms with E-state index >= 15 is 0 Å². The van der Waals surface area contributed by atoms with Gasteiger partial charge in [-0.3, -0.25) is 9.59 Å². The van der Waals surface area contributed by atoms with Crippen molar-refractivity contribution in [1.29, 1.82) is 0 Å². The van der Waals surface area contributed by atoms with Crippen LogP contribution in [-0.2, 0) is 19.4 Å². The van der Waals surface area contributed by atoms with E-state index in [1.54, 1.807) is 13.8 Å². The third-order valence-electron chi connectivity index (χ3n) is 4.67. The molecule has 2 fully saturated rings. The maximum absolute atomic E-state index is 12.8. The lowest BCUT2D eigenvalue weighted by Crippen LogP contribution is -2.70. The number of rotatable bonds is 4. The summed E-state index contributed by atoms with van der Waals surface area (Å²) in [5, 5.41) is 2.89. The van der Waals surface area contributed by atoms with Gasteiger partial charge in [0.05, 0.1) is 5.75 Å². The minimum absolute atomic E-state index is 0.0563. The molecule has 2 aliphatic rings. The topological polar surface area (TPSA) is 83.6 Å². The highest BCUT2D eigenvalue weighted by atomic mass is 32.2. The largest absolute Gasteiger partial charge is 0.340 e. The van der Waals surface area contributed by atoms with Gasteiger partial charge in [0, 0.05) is 12.3 Å². The minimum Gasteiger partial charge on any atom is -0.340 e. The summed E-state index contributed by atoms with van der Waals surface area (Å²) in [6.45, 7) is 3.35. The summed E-state index contributed by atoms with van der Waals surface area (Å²) in [6, 6.07) is -0.600. The smallest absolute Gasteiger partial charge is 0.249 e. The van der Waals surface area contributed by atoms with E-state index in [-0.39, 0.29) is 29.9 Å². The fourth-order valence-electron chi connectivity index (χ4n) is 3.16. The molecule has 1 spiro atoms. The van der Waals surface area contributed by atoms with Crippen LogP contribution >= 0.6 is 0 Å². The Morgan fingerprint density at radius 1 is 1.24 bits per heavy atom. The normalized spacial score (nSPS) is 26.0. The average molecular weight is 316 g/mol. The van der Waals surface area contributed by atoms with E-state index in [9.17, 15) is 18.0 Å². The fraction of sp³-hybridized carbons (Fsp3) is 0.857. The predicted octanol–water partition coefficient (Wildman–Crippen LogP) is 0.471. The SMILES string of the molecule is CCS(=O)(=O)CCN1C(=O)C2(CCCCC2)NC(=O)C1C. The van der Waals surface area contributed by atoms with Crippen LogP contribution in [0.1, 0.15) is 46.0 Å². The van der Waals surface area contributed by atoms with Crippen molar-refractivity contribution >= 4 is 21.7 Å². The number of nitrogens with one attached hydrogen (secondary N) is 1. The van der Waals surface area contributed by atoms with Crippen LogP contribution in [0.15, 0.2) is 0 Å². The fourth-order valence-corrected chi connectivity index (χ4v) is 3.92. The molecule has 1 heterocycles. The Balaban J connectivity index is 2.17. The molecule has 0 aromatic heterocycles. The summed E-state index contributed by atoms with van der Waals surface area (Å²) in [5.41, 5.74) is -0.794. The summed E-state index contributed by atoms with van der Waals surface area (Å²) in [7, 11) is -3.15. The highest BCUT2D eigenvalue weighted by Gasteiger charge is 2.49. The van der Waals surface area contributed by atoms with Crippen molar-refractivity contribution in [2.75, 3.05) is 18.1 Å². The van der Waals surface area contributed by atoms with E-state index in [0.29, 0.717) is 12.8 Å². The molecule has 0 aromatic carbocycles. The molecule has 2 rings (SSSR count). The van der Waals surface area contributed by atoms with Crippen LogP contribution in [0.4, 0.5) is 0 Å². The van der Waals surface area contributed by atoms with Gasteiger partial charge >= 0.3 is 0 Å². The molecular formula is C14H24N2O4S. The molecular weight excluding hydrogens is 292 g/mol. The van der Waals surface area contributed by atoms with Gasteiger partial charge in [0.25, 0.3) is 0 Å². The van der Waals surface area contributed by atoms with Crippen LogP contribution in [0.2, 0.25) is 0 Å². The molecule has 1 saturated carbocycles. The molecule has 1 saturated heterocycles. The van der Waals surface area contributed by atoms with Gasteiger partial charge < -0.3 is 10.2 Å². The number of sulfone groups is 1. The van der Waals surface area contributed by atoms with E-state index in [1.807, 2.05) is 0 Å².